The summed E-state index contributed by atoms with van der Waals surface area (Å²) in [5.41, 5.74) is 1.92. The zero-order chi connectivity index (χ0) is 11.3. The van der Waals surface area contributed by atoms with Crippen molar-refractivity contribution in [1.29, 1.82) is 5.26 Å². The number of rotatable bonds is 1. The molecule has 0 saturated heterocycles. The molecule has 0 saturated carbocycles. The van der Waals surface area contributed by atoms with Gasteiger partial charge in [0, 0.05) is 4.47 Å². The molecule has 0 fully saturated rings. The van der Waals surface area contributed by atoms with Gasteiger partial charge in [-0.25, -0.2) is 4.99 Å². The molecule has 78 valence electrons. The number of hydrogen-bond acceptors (Lipinski definition) is 3. The Morgan fingerprint density at radius 1 is 1.60 bits per heavy atom. The SMILES string of the molecule is CSC(=Nc1cccc(Br)c1C)NC#N. The van der Waals surface area contributed by atoms with E-state index in [0.717, 1.165) is 15.7 Å². The molecule has 0 heterocycles. The van der Waals surface area contributed by atoms with E-state index in [-0.39, 0.29) is 0 Å². The van der Waals surface area contributed by atoms with Crippen molar-refractivity contribution < 1.29 is 0 Å². The molecule has 1 aromatic rings. The smallest absolute Gasteiger partial charge is 0.183 e. The van der Waals surface area contributed by atoms with Crippen molar-refractivity contribution in [2.75, 3.05) is 6.26 Å². The Hall–Kier alpha value is -0.990. The third kappa shape index (κ3) is 3.26. The zero-order valence-corrected chi connectivity index (χ0v) is 10.8. The van der Waals surface area contributed by atoms with Gasteiger partial charge < -0.3 is 0 Å². The number of nitrogens with zero attached hydrogens (tertiary/aromatic N) is 2. The molecule has 1 aromatic carbocycles. The van der Waals surface area contributed by atoms with Gasteiger partial charge in [-0.15, -0.1) is 0 Å². The van der Waals surface area contributed by atoms with Crippen LogP contribution in [-0.2, 0) is 0 Å². The van der Waals surface area contributed by atoms with Gasteiger partial charge in [0.1, 0.15) is 0 Å². The molecule has 0 bridgehead atoms. The molecular formula is C10H10BrN3S. The van der Waals surface area contributed by atoms with Gasteiger partial charge >= 0.3 is 0 Å². The number of aliphatic imine (C=N–C) groups is 1. The first kappa shape index (κ1) is 12.1. The summed E-state index contributed by atoms with van der Waals surface area (Å²) >= 11 is 4.84. The van der Waals surface area contributed by atoms with Crippen LogP contribution in [0.5, 0.6) is 0 Å². The van der Waals surface area contributed by atoms with E-state index in [1.54, 1.807) is 0 Å². The molecule has 1 rings (SSSR count). The maximum atomic E-state index is 8.51. The van der Waals surface area contributed by atoms with Crippen molar-refractivity contribution in [1.82, 2.24) is 5.32 Å². The van der Waals surface area contributed by atoms with Crippen molar-refractivity contribution in [3.05, 3.63) is 28.2 Å². The van der Waals surface area contributed by atoms with Gasteiger partial charge in [-0.3, -0.25) is 5.32 Å². The average Bonchev–Trinajstić information content (AvgIpc) is 2.24. The van der Waals surface area contributed by atoms with Crippen LogP contribution in [0.1, 0.15) is 5.56 Å². The second-order valence-corrected chi connectivity index (χ2v) is 4.39. The fraction of sp³-hybridized carbons (Fsp3) is 0.200. The molecule has 0 spiro atoms. The third-order valence-corrected chi connectivity index (χ3v) is 3.26. The zero-order valence-electron chi connectivity index (χ0n) is 8.41. The van der Waals surface area contributed by atoms with E-state index in [9.17, 15) is 0 Å². The highest BCUT2D eigenvalue weighted by Gasteiger charge is 2.02. The lowest BCUT2D eigenvalue weighted by molar-refractivity contribution is 1.27. The molecular weight excluding hydrogens is 274 g/mol. The first-order valence-corrected chi connectivity index (χ1v) is 6.23. The molecule has 0 aliphatic carbocycles. The maximum Gasteiger partial charge on any atom is 0.183 e. The Labute approximate surface area is 102 Å². The van der Waals surface area contributed by atoms with E-state index < -0.39 is 0 Å². The van der Waals surface area contributed by atoms with Crippen LogP contribution in [-0.4, -0.2) is 11.4 Å². The van der Waals surface area contributed by atoms with Gasteiger partial charge in [0.25, 0.3) is 0 Å². The lowest BCUT2D eigenvalue weighted by Gasteiger charge is -2.04. The Kier molecular flexibility index (Phi) is 4.66. The van der Waals surface area contributed by atoms with Crippen molar-refractivity contribution in [3.63, 3.8) is 0 Å². The molecule has 0 amide bonds. The summed E-state index contributed by atoms with van der Waals surface area (Å²) in [5.74, 6) is 0. The molecule has 0 aliphatic rings. The highest BCUT2D eigenvalue weighted by atomic mass is 79.9. The monoisotopic (exact) mass is 283 g/mol. The van der Waals surface area contributed by atoms with Crippen LogP contribution in [0.3, 0.4) is 0 Å². The summed E-state index contributed by atoms with van der Waals surface area (Å²) in [6.45, 7) is 1.98. The number of nitrogens with one attached hydrogen (secondary N) is 1. The normalized spacial score (nSPS) is 10.9. The lowest BCUT2D eigenvalue weighted by atomic mass is 10.2. The minimum absolute atomic E-state index is 0.596. The Balaban J connectivity index is 3.07. The van der Waals surface area contributed by atoms with Gasteiger partial charge in [-0.2, -0.15) is 5.26 Å². The average molecular weight is 284 g/mol. The first-order valence-electron chi connectivity index (χ1n) is 4.22. The van der Waals surface area contributed by atoms with Crippen molar-refractivity contribution >= 4 is 38.5 Å². The molecule has 5 heteroatoms. The highest BCUT2D eigenvalue weighted by Crippen LogP contribution is 2.26. The van der Waals surface area contributed by atoms with Crippen LogP contribution >= 0.6 is 27.7 Å². The topological polar surface area (TPSA) is 48.2 Å². The lowest BCUT2D eigenvalue weighted by Crippen LogP contribution is -2.12. The van der Waals surface area contributed by atoms with E-state index >= 15 is 0 Å². The third-order valence-electron chi connectivity index (χ3n) is 1.82. The molecule has 0 aromatic heterocycles. The van der Waals surface area contributed by atoms with Gasteiger partial charge in [-0.05, 0) is 30.9 Å². The Bertz CT molecular complexity index is 423. The van der Waals surface area contributed by atoms with Crippen LogP contribution in [0.2, 0.25) is 0 Å². The standard InChI is InChI=1S/C10H10BrN3S/c1-7-8(11)4-3-5-9(7)14-10(15-2)13-6-12/h3-5H,1-2H3,(H,13,14). The second-order valence-electron chi connectivity index (χ2n) is 2.74. The number of thioether (sulfide) groups is 1. The van der Waals surface area contributed by atoms with E-state index in [0.29, 0.717) is 5.17 Å². The Morgan fingerprint density at radius 2 is 2.33 bits per heavy atom. The predicted octanol–water partition coefficient (Wildman–Crippen LogP) is 3.18. The number of nitriles is 1. The minimum atomic E-state index is 0.596. The molecule has 0 aliphatic heterocycles. The molecule has 1 N–H and O–H groups in total. The van der Waals surface area contributed by atoms with E-state index in [1.165, 1.54) is 11.8 Å². The predicted molar refractivity (Wildman–Crippen MR) is 68.2 cm³/mol. The molecule has 0 unspecified atom stereocenters. The van der Waals surface area contributed by atoms with Crippen LogP contribution in [0.15, 0.2) is 27.7 Å². The van der Waals surface area contributed by atoms with Crippen LogP contribution in [0.4, 0.5) is 5.69 Å². The van der Waals surface area contributed by atoms with Crippen molar-refractivity contribution in [3.8, 4) is 6.19 Å². The van der Waals surface area contributed by atoms with Crippen LogP contribution in [0, 0.1) is 18.4 Å². The summed E-state index contributed by atoms with van der Waals surface area (Å²) in [6, 6.07) is 5.79. The quantitative estimate of drug-likeness (QED) is 0.373. The van der Waals surface area contributed by atoms with Crippen molar-refractivity contribution in [2.45, 2.75) is 6.92 Å². The first-order chi connectivity index (χ1) is 7.19. The summed E-state index contributed by atoms with van der Waals surface area (Å²) < 4.78 is 1.01. The Morgan fingerprint density at radius 3 is 2.93 bits per heavy atom. The fourth-order valence-electron chi connectivity index (χ4n) is 0.999. The summed E-state index contributed by atoms with van der Waals surface area (Å²) in [7, 11) is 0. The number of amidine groups is 1. The van der Waals surface area contributed by atoms with Crippen molar-refractivity contribution in [2.24, 2.45) is 4.99 Å². The number of hydrogen-bond donors (Lipinski definition) is 1. The van der Waals surface area contributed by atoms with Gasteiger partial charge in [-0.1, -0.05) is 33.8 Å². The molecule has 3 nitrogen and oxygen atoms in total. The highest BCUT2D eigenvalue weighted by molar-refractivity contribution is 9.10. The van der Waals surface area contributed by atoms with E-state index in [2.05, 4.69) is 26.2 Å². The fourth-order valence-corrected chi connectivity index (χ4v) is 1.69. The van der Waals surface area contributed by atoms with E-state index in [4.69, 9.17) is 5.26 Å². The maximum absolute atomic E-state index is 8.51. The number of halogens is 1. The summed E-state index contributed by atoms with van der Waals surface area (Å²) in [5, 5.41) is 11.6. The largest absolute Gasteiger partial charge is 0.271 e. The van der Waals surface area contributed by atoms with Gasteiger partial charge in [0.15, 0.2) is 11.4 Å². The second kappa shape index (κ2) is 5.79. The molecule has 0 radical (unpaired) electrons. The minimum Gasteiger partial charge on any atom is -0.271 e. The molecule has 0 atom stereocenters. The van der Waals surface area contributed by atoms with E-state index in [1.807, 2.05) is 37.6 Å². The summed E-state index contributed by atoms with van der Waals surface area (Å²) in [4.78, 5) is 4.34. The number of benzene rings is 1. The molecule has 15 heavy (non-hydrogen) atoms. The van der Waals surface area contributed by atoms with Gasteiger partial charge in [0.2, 0.25) is 0 Å². The van der Waals surface area contributed by atoms with Crippen LogP contribution in [0.25, 0.3) is 0 Å². The summed E-state index contributed by atoms with van der Waals surface area (Å²) in [6.07, 6.45) is 3.73. The van der Waals surface area contributed by atoms with Crippen LogP contribution < -0.4 is 5.32 Å². The van der Waals surface area contributed by atoms with Gasteiger partial charge in [0.05, 0.1) is 5.69 Å².